The van der Waals surface area contributed by atoms with Crippen molar-refractivity contribution in [3.63, 3.8) is 0 Å². The number of rotatable bonds is 11. The normalized spacial score (nSPS) is 10.3. The Morgan fingerprint density at radius 1 is 0.917 bits per heavy atom. The van der Waals surface area contributed by atoms with Gasteiger partial charge >= 0.3 is 70.1 Å². The molecule has 0 atom stereocenters. The first-order chi connectivity index (χ1) is 10.7. The predicted octanol–water partition coefficient (Wildman–Crippen LogP) is -1.45. The second kappa shape index (κ2) is 13.0. The molecule has 0 aromatic heterocycles. The second-order valence-electron chi connectivity index (χ2n) is 5.65. The topological polar surface area (TPSA) is 92.7 Å². The summed E-state index contributed by atoms with van der Waals surface area (Å²) in [5, 5.41) is 11.6. The molecular formula is C17H25O6Rb. The molecule has 0 aliphatic rings. The predicted molar refractivity (Wildman–Crippen MR) is 83.1 cm³/mol. The van der Waals surface area contributed by atoms with Gasteiger partial charge in [0.1, 0.15) is 0 Å². The molecule has 0 amide bonds. The molecule has 0 aliphatic carbocycles. The molecule has 0 aromatic rings. The molecule has 0 heterocycles. The second-order valence-corrected chi connectivity index (χ2v) is 5.65. The van der Waals surface area contributed by atoms with Crippen molar-refractivity contribution in [2.45, 2.75) is 46.5 Å². The van der Waals surface area contributed by atoms with Gasteiger partial charge in [-0.2, -0.15) is 0 Å². The van der Waals surface area contributed by atoms with E-state index < -0.39 is 23.3 Å². The summed E-state index contributed by atoms with van der Waals surface area (Å²) in [5.74, 6) is -2.37. The van der Waals surface area contributed by atoms with Crippen LogP contribution in [0.15, 0.2) is 24.3 Å². The summed E-state index contributed by atoms with van der Waals surface area (Å²) in [4.78, 5) is 34.3. The van der Waals surface area contributed by atoms with Crippen LogP contribution in [0.3, 0.4) is 0 Å². The fourth-order valence-electron chi connectivity index (χ4n) is 2.08. The molecule has 0 aromatic carbocycles. The van der Waals surface area contributed by atoms with Crippen LogP contribution >= 0.6 is 0 Å². The molecule has 24 heavy (non-hydrogen) atoms. The average molecular weight is 411 g/mol. The Labute approximate surface area is 192 Å². The smallest absolute Gasteiger partial charge is 0.550 e. The summed E-state index contributed by atoms with van der Waals surface area (Å²) >= 11 is 0. The van der Waals surface area contributed by atoms with Crippen LogP contribution in [0.1, 0.15) is 46.5 Å². The summed E-state index contributed by atoms with van der Waals surface area (Å²) in [6, 6.07) is 0. The van der Waals surface area contributed by atoms with E-state index in [2.05, 4.69) is 13.2 Å². The van der Waals surface area contributed by atoms with E-state index in [1.807, 2.05) is 6.92 Å². The summed E-state index contributed by atoms with van der Waals surface area (Å²) in [6.45, 7) is 11.7. The number of aliphatic carboxylic acids is 1. The van der Waals surface area contributed by atoms with E-state index in [-0.39, 0.29) is 95.4 Å². The van der Waals surface area contributed by atoms with Gasteiger partial charge in [0.25, 0.3) is 0 Å². The maximum atomic E-state index is 11.6. The Hall–Kier alpha value is -0.305. The number of hydrogen-bond donors (Lipinski definition) is 0. The van der Waals surface area contributed by atoms with E-state index in [1.54, 1.807) is 0 Å². The van der Waals surface area contributed by atoms with E-state index in [0.29, 0.717) is 12.8 Å². The van der Waals surface area contributed by atoms with Gasteiger partial charge in [-0.05, 0) is 33.1 Å². The Morgan fingerprint density at radius 3 is 1.54 bits per heavy atom. The number of carbonyl (C=O) groups is 3. The molecule has 0 fully saturated rings. The maximum Gasteiger partial charge on any atom is 1.00 e. The molecule has 0 rings (SSSR count). The van der Waals surface area contributed by atoms with Gasteiger partial charge in [-0.1, -0.05) is 26.5 Å². The first kappa shape index (κ1) is 25.9. The number of esters is 2. The van der Waals surface area contributed by atoms with Crippen LogP contribution in [0.2, 0.25) is 0 Å². The summed E-state index contributed by atoms with van der Waals surface area (Å²) in [6.07, 6.45) is 1.13. The zero-order valence-electron chi connectivity index (χ0n) is 15.1. The van der Waals surface area contributed by atoms with Crippen molar-refractivity contribution in [1.29, 1.82) is 0 Å². The van der Waals surface area contributed by atoms with Gasteiger partial charge in [0.15, 0.2) is 0 Å². The van der Waals surface area contributed by atoms with Gasteiger partial charge in [-0.25, -0.2) is 9.59 Å². The van der Waals surface area contributed by atoms with Crippen LogP contribution in [-0.4, -0.2) is 31.1 Å². The van der Waals surface area contributed by atoms with Gasteiger partial charge in [-0.15, -0.1) is 0 Å². The molecule has 0 spiro atoms. The standard InChI is InChI=1S/C17H26O6.Rb/c1-6-7-17(16(20)21,8-10-22-14(18)12(2)3)9-11-23-15(19)13(4)5;/h2,4,6-11H2,1,3,5H3,(H,20,21);/q;+1/p-1. The summed E-state index contributed by atoms with van der Waals surface area (Å²) < 4.78 is 9.94. The number of hydrogen-bond acceptors (Lipinski definition) is 6. The quantitative estimate of drug-likeness (QED) is 0.305. The third-order valence-electron chi connectivity index (χ3n) is 3.49. The molecule has 130 valence electrons. The maximum absolute atomic E-state index is 11.6. The molecule has 0 aliphatic heterocycles. The monoisotopic (exact) mass is 410 g/mol. The van der Waals surface area contributed by atoms with Crippen molar-refractivity contribution in [2.75, 3.05) is 13.2 Å². The fourth-order valence-corrected chi connectivity index (χ4v) is 2.08. The zero-order chi connectivity index (χ0) is 18.0. The van der Waals surface area contributed by atoms with Gasteiger partial charge in [0.2, 0.25) is 0 Å². The molecule has 0 saturated heterocycles. The summed E-state index contributed by atoms with van der Waals surface area (Å²) in [7, 11) is 0. The van der Waals surface area contributed by atoms with E-state index in [0.717, 1.165) is 0 Å². The Kier molecular flexibility index (Phi) is 14.0. The minimum atomic E-state index is -1.24. The number of ether oxygens (including phenoxy) is 2. The van der Waals surface area contributed by atoms with Gasteiger partial charge in [0.05, 0.1) is 13.2 Å². The molecule has 0 radical (unpaired) electrons. The SMILES string of the molecule is C=C(C)C(=O)OCCC(CCC)(CCOC(=O)C(=C)C)C(=O)[O-].[Rb+]. The number of carboxylic acid groups (broad SMARTS) is 1. The van der Waals surface area contributed by atoms with Crippen LogP contribution < -0.4 is 63.3 Å². The molecule has 6 nitrogen and oxygen atoms in total. The number of carbonyl (C=O) groups excluding carboxylic acids is 3. The van der Waals surface area contributed by atoms with E-state index in [1.165, 1.54) is 13.8 Å². The van der Waals surface area contributed by atoms with Crippen molar-refractivity contribution >= 4 is 17.9 Å². The van der Waals surface area contributed by atoms with Crippen molar-refractivity contribution in [2.24, 2.45) is 5.41 Å². The Morgan fingerprint density at radius 2 is 1.29 bits per heavy atom. The van der Waals surface area contributed by atoms with Gasteiger partial charge in [-0.3, -0.25) is 0 Å². The van der Waals surface area contributed by atoms with Crippen LogP contribution in [0, 0.1) is 5.41 Å². The van der Waals surface area contributed by atoms with Gasteiger partial charge in [0, 0.05) is 22.5 Å². The van der Waals surface area contributed by atoms with E-state index in [4.69, 9.17) is 9.47 Å². The number of carboxylic acids is 1. The molecule has 0 saturated carbocycles. The molecule has 0 bridgehead atoms. The first-order valence-electron chi connectivity index (χ1n) is 7.53. The van der Waals surface area contributed by atoms with E-state index in [9.17, 15) is 19.5 Å². The molecule has 0 unspecified atom stereocenters. The zero-order valence-corrected chi connectivity index (χ0v) is 20.0. The fraction of sp³-hybridized carbons (Fsp3) is 0.588. The van der Waals surface area contributed by atoms with Crippen molar-refractivity contribution in [3.05, 3.63) is 24.3 Å². The minimum Gasteiger partial charge on any atom is -0.550 e. The molecule has 7 heteroatoms. The Balaban J connectivity index is 0. The average Bonchev–Trinajstić information content (AvgIpc) is 2.46. The molecular weight excluding hydrogens is 386 g/mol. The minimum absolute atomic E-state index is 0. The third kappa shape index (κ3) is 9.25. The Bertz CT molecular complexity index is 451. The van der Waals surface area contributed by atoms with Gasteiger partial charge < -0.3 is 19.4 Å². The first-order valence-corrected chi connectivity index (χ1v) is 7.53. The largest absolute Gasteiger partial charge is 1.00 e. The van der Waals surface area contributed by atoms with Crippen molar-refractivity contribution < 1.29 is 87.2 Å². The van der Waals surface area contributed by atoms with E-state index >= 15 is 0 Å². The van der Waals surface area contributed by atoms with Crippen LogP contribution in [0.25, 0.3) is 0 Å². The van der Waals surface area contributed by atoms with Crippen LogP contribution in [-0.2, 0) is 23.9 Å². The summed E-state index contributed by atoms with van der Waals surface area (Å²) in [5.41, 5.74) is -0.718. The van der Waals surface area contributed by atoms with Crippen molar-refractivity contribution in [3.8, 4) is 0 Å². The van der Waals surface area contributed by atoms with Crippen molar-refractivity contribution in [1.82, 2.24) is 0 Å². The molecule has 0 N–H and O–H groups in total. The third-order valence-corrected chi connectivity index (χ3v) is 3.49. The van der Waals surface area contributed by atoms with Crippen LogP contribution in [0.5, 0.6) is 0 Å². The van der Waals surface area contributed by atoms with Crippen LogP contribution in [0.4, 0.5) is 0 Å².